The molecule has 0 aliphatic rings. The maximum atomic E-state index is 5.90. The van der Waals surface area contributed by atoms with E-state index < -0.39 is 0 Å². The highest BCUT2D eigenvalue weighted by Gasteiger charge is 2.22. The molecule has 3 heterocycles. The number of hydrogen-bond acceptors (Lipinski definition) is 6. The van der Waals surface area contributed by atoms with E-state index in [0.717, 1.165) is 26.9 Å². The normalized spacial score (nSPS) is 13.7. The van der Waals surface area contributed by atoms with Crippen LogP contribution in [-0.4, -0.2) is 15.0 Å². The molecule has 0 fully saturated rings. The molecule has 21 heavy (non-hydrogen) atoms. The van der Waals surface area contributed by atoms with E-state index in [2.05, 4.69) is 42.6 Å². The fourth-order valence-corrected chi connectivity index (χ4v) is 3.77. The zero-order chi connectivity index (χ0) is 15.0. The van der Waals surface area contributed by atoms with Crippen molar-refractivity contribution in [3.63, 3.8) is 0 Å². The van der Waals surface area contributed by atoms with Gasteiger partial charge in [-0.2, -0.15) is 0 Å². The highest BCUT2D eigenvalue weighted by molar-refractivity contribution is 7.99. The van der Waals surface area contributed by atoms with Crippen LogP contribution in [0.5, 0.6) is 0 Å². The Hall–Kier alpha value is -1.40. The summed E-state index contributed by atoms with van der Waals surface area (Å²) < 4.78 is 7.03. The van der Waals surface area contributed by atoms with E-state index in [-0.39, 0.29) is 10.7 Å². The average molecular weight is 319 g/mol. The first-order chi connectivity index (χ1) is 9.95. The second kappa shape index (κ2) is 5.42. The Kier molecular flexibility index (Phi) is 3.75. The van der Waals surface area contributed by atoms with Gasteiger partial charge < -0.3 is 4.42 Å². The van der Waals surface area contributed by atoms with Gasteiger partial charge in [0.05, 0.1) is 21.7 Å². The lowest BCUT2D eigenvalue weighted by Gasteiger charge is -2.13. The van der Waals surface area contributed by atoms with Crippen molar-refractivity contribution in [1.82, 2.24) is 15.0 Å². The van der Waals surface area contributed by atoms with E-state index in [1.807, 2.05) is 17.6 Å². The average Bonchev–Trinajstić information content (AvgIpc) is 3.07. The monoisotopic (exact) mass is 319 g/mol. The van der Waals surface area contributed by atoms with Crippen LogP contribution in [0.3, 0.4) is 0 Å². The number of aromatic nitrogens is 3. The fourth-order valence-electron chi connectivity index (χ4n) is 1.89. The Bertz CT molecular complexity index is 757. The molecule has 4 nitrogen and oxygen atoms in total. The zero-order valence-electron chi connectivity index (χ0n) is 12.5. The molecule has 0 N–H and O–H groups in total. The van der Waals surface area contributed by atoms with Crippen LogP contribution in [-0.2, 0) is 5.41 Å². The Balaban J connectivity index is 1.85. The lowest BCUT2D eigenvalue weighted by atomic mass is 9.94. The standard InChI is InChI=1S/C15H17N3OS2/c1-9(13-16-7-11(19-13)15(2,3)4)21-14-12-10(5-6-20-12)17-8-18-14/h5-9H,1-4H3. The summed E-state index contributed by atoms with van der Waals surface area (Å²) in [5.74, 6) is 1.65. The molecule has 110 valence electrons. The molecule has 1 unspecified atom stereocenters. The molecule has 0 aliphatic heterocycles. The number of oxazole rings is 1. The molecular formula is C15H17N3OS2. The molecule has 0 bridgehead atoms. The number of fused-ring (bicyclic) bond motifs is 1. The van der Waals surface area contributed by atoms with Crippen LogP contribution < -0.4 is 0 Å². The third kappa shape index (κ3) is 2.96. The fraction of sp³-hybridized carbons (Fsp3) is 0.400. The van der Waals surface area contributed by atoms with Gasteiger partial charge >= 0.3 is 0 Å². The third-order valence-corrected chi connectivity index (χ3v) is 5.24. The first-order valence-corrected chi connectivity index (χ1v) is 8.52. The van der Waals surface area contributed by atoms with E-state index in [4.69, 9.17) is 4.42 Å². The summed E-state index contributed by atoms with van der Waals surface area (Å²) in [4.78, 5) is 13.1. The van der Waals surface area contributed by atoms with E-state index in [0.29, 0.717) is 0 Å². The lowest BCUT2D eigenvalue weighted by molar-refractivity contribution is 0.383. The van der Waals surface area contributed by atoms with E-state index in [1.165, 1.54) is 0 Å². The molecule has 0 saturated heterocycles. The summed E-state index contributed by atoms with van der Waals surface area (Å²) in [6.45, 7) is 8.45. The van der Waals surface area contributed by atoms with Crippen molar-refractivity contribution in [3.8, 4) is 0 Å². The summed E-state index contributed by atoms with van der Waals surface area (Å²) in [5.41, 5.74) is 0.971. The molecule has 3 rings (SSSR count). The van der Waals surface area contributed by atoms with Crippen molar-refractivity contribution < 1.29 is 4.42 Å². The van der Waals surface area contributed by atoms with Gasteiger partial charge in [-0.25, -0.2) is 15.0 Å². The van der Waals surface area contributed by atoms with Crippen molar-refractivity contribution in [2.24, 2.45) is 0 Å². The molecule has 1 atom stereocenters. The molecule has 3 aromatic heterocycles. The molecular weight excluding hydrogens is 302 g/mol. The van der Waals surface area contributed by atoms with Gasteiger partial charge in [-0.05, 0) is 18.4 Å². The van der Waals surface area contributed by atoms with Gasteiger partial charge in [-0.3, -0.25) is 0 Å². The maximum Gasteiger partial charge on any atom is 0.207 e. The Morgan fingerprint density at radius 2 is 2.05 bits per heavy atom. The van der Waals surface area contributed by atoms with Gasteiger partial charge in [0.15, 0.2) is 0 Å². The van der Waals surface area contributed by atoms with Crippen molar-refractivity contribution in [1.29, 1.82) is 0 Å². The summed E-state index contributed by atoms with van der Waals surface area (Å²) in [5, 5.41) is 3.14. The van der Waals surface area contributed by atoms with Crippen LogP contribution in [0.1, 0.15) is 44.6 Å². The SMILES string of the molecule is CC(Sc1ncnc2ccsc12)c1ncc(C(C)(C)C)o1. The number of nitrogens with zero attached hydrogens (tertiary/aromatic N) is 3. The smallest absolute Gasteiger partial charge is 0.207 e. The van der Waals surface area contributed by atoms with Crippen molar-refractivity contribution >= 4 is 33.3 Å². The van der Waals surface area contributed by atoms with E-state index >= 15 is 0 Å². The topological polar surface area (TPSA) is 51.8 Å². The second-order valence-corrected chi connectivity index (χ2v) is 8.13. The number of rotatable bonds is 3. The molecule has 0 saturated carbocycles. The minimum absolute atomic E-state index is 0.0222. The summed E-state index contributed by atoms with van der Waals surface area (Å²) in [6.07, 6.45) is 3.44. The van der Waals surface area contributed by atoms with Gasteiger partial charge in [0.2, 0.25) is 5.89 Å². The van der Waals surface area contributed by atoms with Gasteiger partial charge in [0, 0.05) is 5.41 Å². The first kappa shape index (κ1) is 14.5. The molecule has 6 heteroatoms. The van der Waals surface area contributed by atoms with Crippen molar-refractivity contribution in [2.45, 2.75) is 43.4 Å². The molecule has 0 aliphatic carbocycles. The van der Waals surface area contributed by atoms with Gasteiger partial charge in [0.1, 0.15) is 17.1 Å². The quantitative estimate of drug-likeness (QED) is 0.511. The Morgan fingerprint density at radius 3 is 2.76 bits per heavy atom. The second-order valence-electron chi connectivity index (χ2n) is 5.89. The number of thiophene rings is 1. The summed E-state index contributed by atoms with van der Waals surface area (Å²) >= 11 is 3.32. The van der Waals surface area contributed by atoms with E-state index in [1.54, 1.807) is 29.4 Å². The summed E-state index contributed by atoms with van der Waals surface area (Å²) in [6, 6.07) is 2.01. The molecule has 0 aromatic carbocycles. The van der Waals surface area contributed by atoms with Crippen molar-refractivity contribution in [2.75, 3.05) is 0 Å². The molecule has 0 spiro atoms. The largest absolute Gasteiger partial charge is 0.444 e. The van der Waals surface area contributed by atoms with Gasteiger partial charge in [0.25, 0.3) is 0 Å². The molecule has 0 amide bonds. The number of hydrogen-bond donors (Lipinski definition) is 0. The highest BCUT2D eigenvalue weighted by Crippen LogP contribution is 2.38. The predicted octanol–water partition coefficient (Wildman–Crippen LogP) is 4.83. The molecule has 3 aromatic rings. The van der Waals surface area contributed by atoms with Crippen LogP contribution in [0.4, 0.5) is 0 Å². The lowest BCUT2D eigenvalue weighted by Crippen LogP contribution is -2.09. The van der Waals surface area contributed by atoms with Crippen LogP contribution >= 0.6 is 23.1 Å². The van der Waals surface area contributed by atoms with Crippen molar-refractivity contribution in [3.05, 3.63) is 35.6 Å². The Labute approximate surface area is 132 Å². The maximum absolute atomic E-state index is 5.90. The summed E-state index contributed by atoms with van der Waals surface area (Å²) in [7, 11) is 0. The van der Waals surface area contributed by atoms with Crippen LogP contribution in [0, 0.1) is 0 Å². The van der Waals surface area contributed by atoms with Gasteiger partial charge in [-0.15, -0.1) is 11.3 Å². The molecule has 0 radical (unpaired) electrons. The van der Waals surface area contributed by atoms with Gasteiger partial charge in [-0.1, -0.05) is 32.5 Å². The zero-order valence-corrected chi connectivity index (χ0v) is 14.1. The third-order valence-electron chi connectivity index (χ3n) is 3.11. The van der Waals surface area contributed by atoms with Crippen LogP contribution in [0.2, 0.25) is 0 Å². The highest BCUT2D eigenvalue weighted by atomic mass is 32.2. The number of thioether (sulfide) groups is 1. The minimum atomic E-state index is -0.0222. The Morgan fingerprint density at radius 1 is 1.24 bits per heavy atom. The van der Waals surface area contributed by atoms with Crippen LogP contribution in [0.25, 0.3) is 10.2 Å². The van der Waals surface area contributed by atoms with E-state index in [9.17, 15) is 0 Å². The minimum Gasteiger partial charge on any atom is -0.444 e. The first-order valence-electron chi connectivity index (χ1n) is 6.76. The predicted molar refractivity (Wildman–Crippen MR) is 86.9 cm³/mol. The van der Waals surface area contributed by atoms with Crippen LogP contribution in [0.15, 0.2) is 33.4 Å².